The Kier molecular flexibility index (Phi) is 6.50. The molecule has 0 unspecified atom stereocenters. The van der Waals surface area contributed by atoms with Gasteiger partial charge < -0.3 is 15.4 Å². The molecule has 0 saturated heterocycles. The fourth-order valence-electron chi connectivity index (χ4n) is 1.54. The van der Waals surface area contributed by atoms with Crippen LogP contribution in [0.1, 0.15) is 25.8 Å². The van der Waals surface area contributed by atoms with Gasteiger partial charge in [-0.1, -0.05) is 32.0 Å². The van der Waals surface area contributed by atoms with E-state index in [9.17, 15) is 4.79 Å². The second-order valence-electron chi connectivity index (χ2n) is 4.66. The van der Waals surface area contributed by atoms with Gasteiger partial charge in [-0.2, -0.15) is 0 Å². The number of carbonyl (C=O) groups is 1. The molecule has 104 valence electrons. The van der Waals surface area contributed by atoms with E-state index in [1.807, 2.05) is 24.3 Å². The molecule has 0 bridgehead atoms. The zero-order valence-electron chi connectivity index (χ0n) is 11.8. The van der Waals surface area contributed by atoms with Gasteiger partial charge in [-0.25, -0.2) is 4.79 Å². The maximum Gasteiger partial charge on any atom is 0.318 e. The van der Waals surface area contributed by atoms with Crippen molar-refractivity contribution in [1.29, 1.82) is 0 Å². The Morgan fingerprint density at radius 1 is 1.37 bits per heavy atom. The Balaban J connectivity index is 2.39. The molecule has 0 aliphatic heterocycles. The van der Waals surface area contributed by atoms with Crippen LogP contribution in [0, 0.1) is 5.92 Å². The highest BCUT2D eigenvalue weighted by atomic mass is 16.5. The van der Waals surface area contributed by atoms with E-state index >= 15 is 0 Å². The average molecular weight is 262 g/mol. The Morgan fingerprint density at radius 3 is 2.79 bits per heavy atom. The molecule has 0 fully saturated rings. The van der Waals surface area contributed by atoms with Crippen molar-refractivity contribution in [2.45, 2.75) is 20.3 Å². The van der Waals surface area contributed by atoms with Gasteiger partial charge in [0, 0.05) is 18.3 Å². The normalized spacial score (nSPS) is 10.7. The standard InChI is InChI=1S/C15H22N2O2/c1-12(2)8-10-16-15(18)17-11-9-13-6-4-5-7-14(13)19-3/h4-7,9,11-12H,8,10H2,1-3H3,(H2,16,17,18)/b11-9+. The predicted molar refractivity (Wildman–Crippen MR) is 78.0 cm³/mol. The smallest absolute Gasteiger partial charge is 0.318 e. The highest BCUT2D eigenvalue weighted by Crippen LogP contribution is 2.18. The van der Waals surface area contributed by atoms with E-state index in [1.54, 1.807) is 19.4 Å². The number of benzene rings is 1. The van der Waals surface area contributed by atoms with E-state index in [1.165, 1.54) is 0 Å². The van der Waals surface area contributed by atoms with Crippen molar-refractivity contribution in [2.75, 3.05) is 13.7 Å². The number of rotatable bonds is 6. The number of carbonyl (C=O) groups excluding carboxylic acids is 1. The molecule has 4 heteroatoms. The Morgan fingerprint density at radius 2 is 2.11 bits per heavy atom. The lowest BCUT2D eigenvalue weighted by Gasteiger charge is -2.07. The van der Waals surface area contributed by atoms with E-state index < -0.39 is 0 Å². The van der Waals surface area contributed by atoms with Crippen LogP contribution in [0.3, 0.4) is 0 Å². The Labute approximate surface area is 114 Å². The van der Waals surface area contributed by atoms with Gasteiger partial charge in [0.05, 0.1) is 7.11 Å². The summed E-state index contributed by atoms with van der Waals surface area (Å²) < 4.78 is 5.21. The summed E-state index contributed by atoms with van der Waals surface area (Å²) in [7, 11) is 1.62. The summed E-state index contributed by atoms with van der Waals surface area (Å²) in [4.78, 5) is 11.5. The summed E-state index contributed by atoms with van der Waals surface area (Å²) in [5.74, 6) is 1.37. The highest BCUT2D eigenvalue weighted by molar-refractivity contribution is 5.76. The molecule has 1 aromatic carbocycles. The molecule has 2 amide bonds. The number of amides is 2. The van der Waals surface area contributed by atoms with E-state index in [4.69, 9.17) is 4.74 Å². The minimum atomic E-state index is -0.188. The molecule has 0 spiro atoms. The maximum atomic E-state index is 11.5. The number of methoxy groups -OCH3 is 1. The topological polar surface area (TPSA) is 50.4 Å². The van der Waals surface area contributed by atoms with Crippen LogP contribution in [0.15, 0.2) is 30.5 Å². The number of para-hydroxylation sites is 1. The van der Waals surface area contributed by atoms with Crippen molar-refractivity contribution in [3.05, 3.63) is 36.0 Å². The lowest BCUT2D eigenvalue weighted by Crippen LogP contribution is -2.33. The molecule has 0 aliphatic rings. The lowest BCUT2D eigenvalue weighted by atomic mass is 10.1. The van der Waals surface area contributed by atoms with Crippen LogP contribution in [-0.4, -0.2) is 19.7 Å². The van der Waals surface area contributed by atoms with Crippen molar-refractivity contribution in [3.63, 3.8) is 0 Å². The molecular formula is C15H22N2O2. The van der Waals surface area contributed by atoms with Crippen LogP contribution in [0.5, 0.6) is 5.75 Å². The summed E-state index contributed by atoms with van der Waals surface area (Å²) in [6, 6.07) is 7.44. The van der Waals surface area contributed by atoms with E-state index in [2.05, 4.69) is 24.5 Å². The van der Waals surface area contributed by atoms with E-state index in [0.29, 0.717) is 12.5 Å². The molecule has 0 heterocycles. The largest absolute Gasteiger partial charge is 0.496 e. The van der Waals surface area contributed by atoms with Crippen molar-refractivity contribution < 1.29 is 9.53 Å². The van der Waals surface area contributed by atoms with E-state index in [0.717, 1.165) is 17.7 Å². The van der Waals surface area contributed by atoms with Gasteiger partial charge in [-0.05, 0) is 24.5 Å². The number of hydrogen-bond acceptors (Lipinski definition) is 2. The molecule has 0 aliphatic carbocycles. The number of nitrogens with one attached hydrogen (secondary N) is 2. The van der Waals surface area contributed by atoms with Crippen LogP contribution in [-0.2, 0) is 0 Å². The molecular weight excluding hydrogens is 240 g/mol. The first-order valence-corrected chi connectivity index (χ1v) is 6.47. The summed E-state index contributed by atoms with van der Waals surface area (Å²) >= 11 is 0. The fraction of sp³-hybridized carbons (Fsp3) is 0.400. The summed E-state index contributed by atoms with van der Waals surface area (Å²) in [6.45, 7) is 4.94. The minimum Gasteiger partial charge on any atom is -0.496 e. The minimum absolute atomic E-state index is 0.188. The first kappa shape index (κ1) is 15.1. The van der Waals surface area contributed by atoms with Crippen LogP contribution < -0.4 is 15.4 Å². The van der Waals surface area contributed by atoms with Gasteiger partial charge >= 0.3 is 6.03 Å². The summed E-state index contributed by atoms with van der Waals surface area (Å²) in [5.41, 5.74) is 0.924. The van der Waals surface area contributed by atoms with Gasteiger partial charge in [-0.15, -0.1) is 0 Å². The van der Waals surface area contributed by atoms with Crippen molar-refractivity contribution in [2.24, 2.45) is 5.92 Å². The Bertz CT molecular complexity index is 428. The first-order chi connectivity index (χ1) is 9.13. The van der Waals surface area contributed by atoms with Crippen LogP contribution in [0.2, 0.25) is 0 Å². The second-order valence-corrected chi connectivity index (χ2v) is 4.66. The Hall–Kier alpha value is -1.97. The third-order valence-electron chi connectivity index (χ3n) is 2.62. The van der Waals surface area contributed by atoms with Crippen LogP contribution in [0.25, 0.3) is 6.08 Å². The molecule has 0 saturated carbocycles. The first-order valence-electron chi connectivity index (χ1n) is 6.47. The molecule has 19 heavy (non-hydrogen) atoms. The maximum absolute atomic E-state index is 11.5. The quantitative estimate of drug-likeness (QED) is 0.828. The molecule has 2 N–H and O–H groups in total. The molecule has 4 nitrogen and oxygen atoms in total. The third kappa shape index (κ3) is 5.95. The molecule has 1 rings (SSSR count). The van der Waals surface area contributed by atoms with Gasteiger partial charge in [0.25, 0.3) is 0 Å². The average Bonchev–Trinajstić information content (AvgIpc) is 2.39. The van der Waals surface area contributed by atoms with Crippen LogP contribution >= 0.6 is 0 Å². The molecule has 0 atom stereocenters. The zero-order chi connectivity index (χ0) is 14.1. The predicted octanol–water partition coefficient (Wildman–Crippen LogP) is 3.01. The van der Waals surface area contributed by atoms with Gasteiger partial charge in [0.15, 0.2) is 0 Å². The number of ether oxygens (including phenoxy) is 1. The monoisotopic (exact) mass is 262 g/mol. The van der Waals surface area contributed by atoms with Gasteiger partial charge in [0.1, 0.15) is 5.75 Å². The lowest BCUT2D eigenvalue weighted by molar-refractivity contribution is 0.243. The van der Waals surface area contributed by atoms with Crippen molar-refractivity contribution in [1.82, 2.24) is 10.6 Å². The van der Waals surface area contributed by atoms with Gasteiger partial charge in [0.2, 0.25) is 0 Å². The van der Waals surface area contributed by atoms with E-state index in [-0.39, 0.29) is 6.03 Å². The number of urea groups is 1. The molecule has 0 radical (unpaired) electrons. The molecule has 0 aromatic heterocycles. The zero-order valence-corrected chi connectivity index (χ0v) is 11.8. The highest BCUT2D eigenvalue weighted by Gasteiger charge is 1.99. The second kappa shape index (κ2) is 8.19. The van der Waals surface area contributed by atoms with Crippen LogP contribution in [0.4, 0.5) is 4.79 Å². The fourth-order valence-corrected chi connectivity index (χ4v) is 1.54. The van der Waals surface area contributed by atoms with Crippen molar-refractivity contribution in [3.8, 4) is 5.75 Å². The van der Waals surface area contributed by atoms with Crippen molar-refractivity contribution >= 4 is 12.1 Å². The number of hydrogen-bond donors (Lipinski definition) is 2. The van der Waals surface area contributed by atoms with Gasteiger partial charge in [-0.3, -0.25) is 0 Å². The summed E-state index contributed by atoms with van der Waals surface area (Å²) in [5, 5.41) is 5.47. The third-order valence-corrected chi connectivity index (χ3v) is 2.62. The molecule has 1 aromatic rings. The SMILES string of the molecule is COc1ccccc1/C=C/NC(=O)NCCC(C)C. The summed E-state index contributed by atoms with van der Waals surface area (Å²) in [6.07, 6.45) is 4.40.